The number of nitrogens with zero attached hydrogens (tertiary/aromatic N) is 5. The normalized spacial score (nSPS) is 23.2. The molecule has 2 aliphatic heterocycles. The molecule has 2 saturated heterocycles. The fourth-order valence-electron chi connectivity index (χ4n) is 4.89. The van der Waals surface area contributed by atoms with Crippen molar-refractivity contribution in [2.45, 2.75) is 31.3 Å². The number of para-hydroxylation sites is 1. The third kappa shape index (κ3) is 3.57. The standard InChI is InChI=1S/C23H29ClN6/c1-28-12-14-30(15-13-28)20-10-4-8-18-22(20)29(2)23(27-18)19-9-3-7-17(26-19)21-16(24)6-5-11-25-21/h4-6,8,10-11,17,19,26H,3,7,9,12-15H2,1-2H3/t17-,19+/m0/s1. The van der Waals surface area contributed by atoms with Crippen LogP contribution < -0.4 is 10.2 Å². The molecule has 2 aromatic heterocycles. The Kier molecular flexibility index (Phi) is 5.39. The van der Waals surface area contributed by atoms with E-state index in [0.717, 1.165) is 67.5 Å². The highest BCUT2D eigenvalue weighted by Crippen LogP contribution is 2.36. The summed E-state index contributed by atoms with van der Waals surface area (Å²) in [6, 6.07) is 10.7. The first-order chi connectivity index (χ1) is 14.6. The van der Waals surface area contributed by atoms with Crippen LogP contribution in [0.5, 0.6) is 0 Å². The number of hydrogen-bond acceptors (Lipinski definition) is 5. The van der Waals surface area contributed by atoms with Crippen LogP contribution in [0, 0.1) is 0 Å². The molecule has 0 spiro atoms. The Morgan fingerprint density at radius 2 is 1.80 bits per heavy atom. The van der Waals surface area contributed by atoms with Gasteiger partial charge in [-0.15, -0.1) is 0 Å². The molecule has 0 bridgehead atoms. The molecule has 4 heterocycles. The first-order valence-corrected chi connectivity index (χ1v) is 11.2. The van der Waals surface area contributed by atoms with Gasteiger partial charge in [0.1, 0.15) is 5.82 Å². The molecule has 0 saturated carbocycles. The highest BCUT2D eigenvalue weighted by molar-refractivity contribution is 6.31. The molecular weight excluding hydrogens is 396 g/mol. The molecule has 3 aromatic rings. The maximum absolute atomic E-state index is 6.43. The second-order valence-corrected chi connectivity index (χ2v) is 8.94. The average molecular weight is 425 g/mol. The maximum Gasteiger partial charge on any atom is 0.126 e. The number of aromatic nitrogens is 3. The minimum Gasteiger partial charge on any atom is -0.367 e. The van der Waals surface area contributed by atoms with Crippen molar-refractivity contribution < 1.29 is 0 Å². The molecule has 0 radical (unpaired) electrons. The highest BCUT2D eigenvalue weighted by Gasteiger charge is 2.29. The summed E-state index contributed by atoms with van der Waals surface area (Å²) in [4.78, 5) is 14.5. The molecule has 0 unspecified atom stereocenters. The number of aryl methyl sites for hydroxylation is 1. The number of piperidine rings is 1. The second kappa shape index (κ2) is 8.17. The van der Waals surface area contributed by atoms with Gasteiger partial charge in [0, 0.05) is 39.4 Å². The third-order valence-electron chi connectivity index (χ3n) is 6.57. The van der Waals surface area contributed by atoms with Crippen molar-refractivity contribution in [1.82, 2.24) is 24.8 Å². The van der Waals surface area contributed by atoms with Gasteiger partial charge in [-0.1, -0.05) is 17.7 Å². The average Bonchev–Trinajstić information content (AvgIpc) is 3.12. The molecule has 2 atom stereocenters. The number of anilines is 1. The molecule has 7 heteroatoms. The van der Waals surface area contributed by atoms with Crippen LogP contribution in [-0.4, -0.2) is 52.7 Å². The largest absolute Gasteiger partial charge is 0.367 e. The Balaban J connectivity index is 1.47. The topological polar surface area (TPSA) is 49.2 Å². The summed E-state index contributed by atoms with van der Waals surface area (Å²) >= 11 is 6.43. The zero-order valence-corrected chi connectivity index (χ0v) is 18.4. The number of pyridine rings is 1. The van der Waals surface area contributed by atoms with Gasteiger partial charge in [-0.3, -0.25) is 10.3 Å². The number of nitrogens with one attached hydrogen (secondary N) is 1. The Morgan fingerprint density at radius 1 is 1.00 bits per heavy atom. The first kappa shape index (κ1) is 19.8. The van der Waals surface area contributed by atoms with Crippen LogP contribution in [0.15, 0.2) is 36.5 Å². The van der Waals surface area contributed by atoms with Gasteiger partial charge >= 0.3 is 0 Å². The lowest BCUT2D eigenvalue weighted by molar-refractivity contribution is 0.312. The number of imidazole rings is 1. The van der Waals surface area contributed by atoms with E-state index in [1.54, 1.807) is 0 Å². The van der Waals surface area contributed by atoms with Crippen LogP contribution in [0.4, 0.5) is 5.69 Å². The predicted octanol–water partition coefficient (Wildman–Crippen LogP) is 3.93. The molecule has 6 nitrogen and oxygen atoms in total. The summed E-state index contributed by atoms with van der Waals surface area (Å²) in [5.41, 5.74) is 4.54. The predicted molar refractivity (Wildman–Crippen MR) is 122 cm³/mol. The molecule has 158 valence electrons. The van der Waals surface area contributed by atoms with Gasteiger partial charge in [0.2, 0.25) is 0 Å². The summed E-state index contributed by atoms with van der Waals surface area (Å²) in [7, 11) is 4.35. The summed E-state index contributed by atoms with van der Waals surface area (Å²) in [6.45, 7) is 4.30. The van der Waals surface area contributed by atoms with E-state index in [1.165, 1.54) is 11.2 Å². The first-order valence-electron chi connectivity index (χ1n) is 10.9. The molecule has 2 aliphatic rings. The Labute approximate surface area is 182 Å². The van der Waals surface area contributed by atoms with Crippen LogP contribution in [0.25, 0.3) is 11.0 Å². The van der Waals surface area contributed by atoms with E-state index in [1.807, 2.05) is 18.3 Å². The van der Waals surface area contributed by atoms with E-state index in [-0.39, 0.29) is 12.1 Å². The van der Waals surface area contributed by atoms with Crippen molar-refractivity contribution in [2.75, 3.05) is 38.1 Å². The summed E-state index contributed by atoms with van der Waals surface area (Å²) < 4.78 is 2.29. The Bertz CT molecular complexity index is 1040. The van der Waals surface area contributed by atoms with E-state index in [2.05, 4.69) is 57.0 Å². The molecule has 1 N–H and O–H groups in total. The van der Waals surface area contributed by atoms with E-state index >= 15 is 0 Å². The third-order valence-corrected chi connectivity index (χ3v) is 6.89. The van der Waals surface area contributed by atoms with Crippen molar-refractivity contribution in [1.29, 1.82) is 0 Å². The lowest BCUT2D eigenvalue weighted by Gasteiger charge is -2.34. The Hall–Kier alpha value is -2.15. The summed E-state index contributed by atoms with van der Waals surface area (Å²) in [5, 5.41) is 4.52. The van der Waals surface area contributed by atoms with Crippen LogP contribution in [0.2, 0.25) is 5.02 Å². The van der Waals surface area contributed by atoms with Gasteiger partial charge in [-0.2, -0.15) is 0 Å². The summed E-state index contributed by atoms with van der Waals surface area (Å²) in [5.74, 6) is 1.10. The quantitative estimate of drug-likeness (QED) is 0.690. The Morgan fingerprint density at radius 3 is 2.60 bits per heavy atom. The van der Waals surface area contributed by atoms with Crippen molar-refractivity contribution in [2.24, 2.45) is 7.05 Å². The van der Waals surface area contributed by atoms with Gasteiger partial charge < -0.3 is 14.4 Å². The van der Waals surface area contributed by atoms with Crippen LogP contribution in [0.1, 0.15) is 42.9 Å². The van der Waals surface area contributed by atoms with Crippen molar-refractivity contribution in [3.05, 3.63) is 53.1 Å². The minimum absolute atomic E-state index is 0.161. The van der Waals surface area contributed by atoms with Gasteiger partial charge in [-0.25, -0.2) is 4.98 Å². The van der Waals surface area contributed by atoms with Crippen molar-refractivity contribution in [3.63, 3.8) is 0 Å². The van der Waals surface area contributed by atoms with E-state index < -0.39 is 0 Å². The number of hydrogen-bond donors (Lipinski definition) is 1. The molecular formula is C23H29ClN6. The minimum atomic E-state index is 0.161. The van der Waals surface area contributed by atoms with Crippen LogP contribution in [-0.2, 0) is 7.05 Å². The van der Waals surface area contributed by atoms with E-state index in [9.17, 15) is 0 Å². The smallest absolute Gasteiger partial charge is 0.126 e. The zero-order chi connectivity index (χ0) is 20.7. The number of benzene rings is 1. The van der Waals surface area contributed by atoms with Crippen molar-refractivity contribution in [3.8, 4) is 0 Å². The van der Waals surface area contributed by atoms with Gasteiger partial charge in [0.05, 0.1) is 39.5 Å². The van der Waals surface area contributed by atoms with Gasteiger partial charge in [-0.05, 0) is 50.6 Å². The van der Waals surface area contributed by atoms with Crippen LogP contribution >= 0.6 is 11.6 Å². The van der Waals surface area contributed by atoms with Gasteiger partial charge in [0.25, 0.3) is 0 Å². The summed E-state index contributed by atoms with van der Waals surface area (Å²) in [6.07, 6.45) is 5.07. The lowest BCUT2D eigenvalue weighted by atomic mass is 9.95. The monoisotopic (exact) mass is 424 g/mol. The maximum atomic E-state index is 6.43. The number of rotatable bonds is 3. The fraction of sp³-hybridized carbons (Fsp3) is 0.478. The molecule has 2 fully saturated rings. The SMILES string of the molecule is CN1CCN(c2cccc3nc([C@H]4CCC[C@@H](c5ncccc5Cl)N4)n(C)c23)CC1. The van der Waals surface area contributed by atoms with Gasteiger partial charge in [0.15, 0.2) is 0 Å². The fourth-order valence-corrected chi connectivity index (χ4v) is 5.14. The molecule has 5 rings (SSSR count). The molecule has 0 amide bonds. The zero-order valence-electron chi connectivity index (χ0n) is 17.7. The number of piperazine rings is 1. The van der Waals surface area contributed by atoms with Crippen LogP contribution in [0.3, 0.4) is 0 Å². The van der Waals surface area contributed by atoms with E-state index in [4.69, 9.17) is 16.6 Å². The number of halogens is 1. The molecule has 1 aromatic carbocycles. The number of likely N-dealkylation sites (N-methyl/N-ethyl adjacent to an activating group) is 1. The van der Waals surface area contributed by atoms with Crippen molar-refractivity contribution >= 4 is 28.3 Å². The molecule has 30 heavy (non-hydrogen) atoms. The highest BCUT2D eigenvalue weighted by atomic mass is 35.5. The number of fused-ring (bicyclic) bond motifs is 1. The molecule has 0 aliphatic carbocycles. The lowest BCUT2D eigenvalue weighted by Crippen LogP contribution is -2.44. The van der Waals surface area contributed by atoms with E-state index in [0.29, 0.717) is 0 Å². The second-order valence-electron chi connectivity index (χ2n) is 8.54.